The van der Waals surface area contributed by atoms with E-state index in [1.54, 1.807) is 23.8 Å². The van der Waals surface area contributed by atoms with Gasteiger partial charge in [-0.2, -0.15) is 0 Å². The number of hydrogen-bond donors (Lipinski definition) is 0. The van der Waals surface area contributed by atoms with Crippen molar-refractivity contribution in [2.45, 2.75) is 46.3 Å². The molecule has 0 spiro atoms. The topological polar surface area (TPSA) is 48.6 Å². The second-order valence-corrected chi connectivity index (χ2v) is 11.8. The van der Waals surface area contributed by atoms with Gasteiger partial charge >= 0.3 is 0 Å². The number of nitrogens with zero attached hydrogens (tertiary/aromatic N) is 1. The Hall–Kier alpha value is -1.79. The highest BCUT2D eigenvalue weighted by Gasteiger charge is 2.27. The van der Waals surface area contributed by atoms with Crippen molar-refractivity contribution >= 4 is 46.1 Å². The Kier molecular flexibility index (Phi) is 6.68. The first-order valence-electron chi connectivity index (χ1n) is 9.60. The maximum Gasteiger partial charge on any atom is 0.158 e. The van der Waals surface area contributed by atoms with Gasteiger partial charge in [-0.3, -0.25) is 0 Å². The molecule has 1 atom stereocenters. The molecule has 2 aromatic heterocycles. The zero-order chi connectivity index (χ0) is 22.2. The number of thiophene rings is 1. The molecule has 0 aliphatic carbocycles. The molecule has 3 nitrogen and oxygen atoms in total. The lowest BCUT2D eigenvalue weighted by molar-refractivity contribution is 0.555. The first-order chi connectivity index (χ1) is 14.0. The molecule has 0 fully saturated rings. The van der Waals surface area contributed by atoms with Gasteiger partial charge in [0.25, 0.3) is 0 Å². The number of benzene rings is 1. The van der Waals surface area contributed by atoms with Crippen molar-refractivity contribution in [3.8, 4) is 10.4 Å². The molecule has 30 heavy (non-hydrogen) atoms. The second-order valence-electron chi connectivity index (χ2n) is 8.23. The minimum Gasteiger partial charge on any atom is -0.591 e. The van der Waals surface area contributed by atoms with E-state index >= 15 is 0 Å². The highest BCUT2D eigenvalue weighted by atomic mass is 35.5. The largest absolute Gasteiger partial charge is 0.591 e. The zero-order valence-electron chi connectivity index (χ0n) is 18.1. The summed E-state index contributed by atoms with van der Waals surface area (Å²) in [5.74, 6) is 0.608. The van der Waals surface area contributed by atoms with Crippen molar-refractivity contribution in [1.29, 1.82) is 0 Å². The Morgan fingerprint density at radius 1 is 1.20 bits per heavy atom. The third-order valence-corrected chi connectivity index (χ3v) is 7.72. The predicted octanol–water partition coefficient (Wildman–Crippen LogP) is 7.53. The number of furan rings is 1. The van der Waals surface area contributed by atoms with Gasteiger partial charge in [0.15, 0.2) is 5.76 Å². The first kappa shape index (κ1) is 22.9. The molecule has 0 aliphatic rings. The summed E-state index contributed by atoms with van der Waals surface area (Å²) in [5, 5.41) is 0.695. The molecule has 158 valence electrons. The molecule has 3 aromatic rings. The van der Waals surface area contributed by atoms with Crippen molar-refractivity contribution < 1.29 is 8.97 Å². The van der Waals surface area contributed by atoms with Crippen LogP contribution in [0.15, 0.2) is 45.9 Å². The van der Waals surface area contributed by atoms with Gasteiger partial charge in [-0.15, -0.1) is 11.3 Å². The smallest absolute Gasteiger partial charge is 0.158 e. The highest BCUT2D eigenvalue weighted by Crippen LogP contribution is 2.44. The lowest BCUT2D eigenvalue weighted by Crippen LogP contribution is -2.25. The van der Waals surface area contributed by atoms with Gasteiger partial charge in [0, 0.05) is 25.9 Å². The van der Waals surface area contributed by atoms with E-state index < -0.39 is 16.1 Å². The highest BCUT2D eigenvalue weighted by molar-refractivity contribution is 7.91. The molecule has 2 heterocycles. The summed E-state index contributed by atoms with van der Waals surface area (Å²) < 4.78 is 22.0. The normalized spacial score (nSPS) is 13.2. The van der Waals surface area contributed by atoms with Gasteiger partial charge in [0.1, 0.15) is 22.3 Å². The number of aryl methyl sites for hydroxylation is 2. The van der Waals surface area contributed by atoms with Crippen molar-refractivity contribution in [3.63, 3.8) is 0 Å². The number of hydrogen-bond acceptors (Lipinski definition) is 4. The van der Waals surface area contributed by atoms with E-state index in [9.17, 15) is 4.55 Å². The molecule has 3 rings (SSSR count). The monoisotopic (exact) mass is 459 g/mol. The van der Waals surface area contributed by atoms with E-state index in [0.29, 0.717) is 10.8 Å². The van der Waals surface area contributed by atoms with Crippen LogP contribution in [0.5, 0.6) is 0 Å². The Bertz CT molecular complexity index is 1100. The number of rotatable bonds is 5. The standard InChI is InChI=1S/C24H26ClNO2S2/c1-14-13-28-20(12-26-30(27)24(5,6)7)21(14)23-22(15(2)17(4)29-23)16(3)18-8-10-19(25)11-9-18/h8-13H,3H2,1-2,4-7H3/b26-12+/t30-/m1/s1. The minimum atomic E-state index is -1.36. The van der Waals surface area contributed by atoms with Crippen LogP contribution in [0, 0.1) is 20.8 Å². The summed E-state index contributed by atoms with van der Waals surface area (Å²) in [7, 11) is 0. The molecule has 6 heteroatoms. The van der Waals surface area contributed by atoms with Gasteiger partial charge in [0.2, 0.25) is 0 Å². The van der Waals surface area contributed by atoms with Crippen LogP contribution >= 0.6 is 22.9 Å². The van der Waals surface area contributed by atoms with Crippen LogP contribution in [-0.2, 0) is 11.4 Å². The van der Waals surface area contributed by atoms with E-state index in [4.69, 9.17) is 16.0 Å². The van der Waals surface area contributed by atoms with E-state index in [1.807, 2.05) is 52.0 Å². The Labute approximate surface area is 190 Å². The van der Waals surface area contributed by atoms with Crippen molar-refractivity contribution in [2.75, 3.05) is 0 Å². The molecule has 0 aliphatic heterocycles. The maximum absolute atomic E-state index is 12.4. The van der Waals surface area contributed by atoms with Crippen LogP contribution in [0.4, 0.5) is 0 Å². The molecule has 0 saturated carbocycles. The summed E-state index contributed by atoms with van der Waals surface area (Å²) >= 11 is 6.42. The summed E-state index contributed by atoms with van der Waals surface area (Å²) in [5.41, 5.74) is 6.21. The Morgan fingerprint density at radius 2 is 1.83 bits per heavy atom. The van der Waals surface area contributed by atoms with Crippen LogP contribution in [0.25, 0.3) is 16.0 Å². The third kappa shape index (κ3) is 4.59. The average molecular weight is 460 g/mol. The first-order valence-corrected chi connectivity index (χ1v) is 11.9. The van der Waals surface area contributed by atoms with Crippen LogP contribution in [0.1, 0.15) is 53.7 Å². The average Bonchev–Trinajstić information content (AvgIpc) is 3.18. The van der Waals surface area contributed by atoms with Gasteiger partial charge in [0.05, 0.1) is 6.26 Å². The molecule has 0 radical (unpaired) electrons. The lowest BCUT2D eigenvalue weighted by atomic mass is 9.93. The Balaban J connectivity index is 2.11. The van der Waals surface area contributed by atoms with Gasteiger partial charge in [-0.1, -0.05) is 34.7 Å². The molecular weight excluding hydrogens is 434 g/mol. The summed E-state index contributed by atoms with van der Waals surface area (Å²) in [6.07, 6.45) is 3.30. The van der Waals surface area contributed by atoms with Gasteiger partial charge < -0.3 is 8.97 Å². The van der Waals surface area contributed by atoms with Crippen molar-refractivity contribution in [2.24, 2.45) is 4.40 Å². The van der Waals surface area contributed by atoms with E-state index in [0.717, 1.165) is 32.7 Å². The quantitative estimate of drug-likeness (QED) is 0.292. The molecule has 0 saturated heterocycles. The summed E-state index contributed by atoms with van der Waals surface area (Å²) in [6.45, 7) is 16.3. The molecule has 0 amide bonds. The fourth-order valence-electron chi connectivity index (χ4n) is 3.07. The van der Waals surface area contributed by atoms with E-state index in [2.05, 4.69) is 24.8 Å². The second kappa shape index (κ2) is 8.75. The van der Waals surface area contributed by atoms with Crippen LogP contribution < -0.4 is 0 Å². The fourth-order valence-corrected chi connectivity index (χ4v) is 5.00. The van der Waals surface area contributed by atoms with E-state index in [-0.39, 0.29) is 0 Å². The molecule has 0 bridgehead atoms. The summed E-state index contributed by atoms with van der Waals surface area (Å²) in [6, 6.07) is 7.72. The predicted molar refractivity (Wildman–Crippen MR) is 131 cm³/mol. The maximum atomic E-state index is 12.4. The molecule has 0 N–H and O–H groups in total. The molecule has 0 unspecified atom stereocenters. The SMILES string of the molecule is C=C(c1ccc(Cl)cc1)c1c(-c2c(C)coc2/C=N/[S@+]([O-])C(C)(C)C)sc(C)c1C. The van der Waals surface area contributed by atoms with Crippen LogP contribution in [0.2, 0.25) is 5.02 Å². The van der Waals surface area contributed by atoms with Crippen molar-refractivity contribution in [3.05, 3.63) is 75.0 Å². The van der Waals surface area contributed by atoms with Crippen LogP contribution in [-0.4, -0.2) is 15.5 Å². The van der Waals surface area contributed by atoms with Gasteiger partial charge in [-0.05, 0) is 75.9 Å². The Morgan fingerprint density at radius 3 is 2.43 bits per heavy atom. The minimum absolute atomic E-state index is 0.428. The summed E-state index contributed by atoms with van der Waals surface area (Å²) in [4.78, 5) is 2.30. The number of halogens is 1. The molecular formula is C24H26ClNO2S2. The third-order valence-electron chi connectivity index (χ3n) is 4.90. The fraction of sp³-hybridized carbons (Fsp3) is 0.292. The van der Waals surface area contributed by atoms with Crippen LogP contribution in [0.3, 0.4) is 0 Å². The zero-order valence-corrected chi connectivity index (χ0v) is 20.5. The van der Waals surface area contributed by atoms with Crippen molar-refractivity contribution in [1.82, 2.24) is 0 Å². The van der Waals surface area contributed by atoms with E-state index in [1.165, 1.54) is 10.4 Å². The molecule has 1 aromatic carbocycles. The van der Waals surface area contributed by atoms with Gasteiger partial charge in [-0.25, -0.2) is 0 Å². The lowest BCUT2D eigenvalue weighted by Gasteiger charge is -2.17.